The largest absolute Gasteiger partial charge is 0.481 e. The number of aromatic nitrogens is 2. The Morgan fingerprint density at radius 2 is 1.96 bits per heavy atom. The number of aliphatic hydroxyl groups is 1. The highest BCUT2D eigenvalue weighted by molar-refractivity contribution is 5.28. The molecule has 2 aromatic rings. The number of hydrogen-bond donors (Lipinski definition) is 1. The van der Waals surface area contributed by atoms with Crippen molar-refractivity contribution in [3.05, 3.63) is 48.0 Å². The zero-order valence-corrected chi connectivity index (χ0v) is 15.1. The van der Waals surface area contributed by atoms with Crippen LogP contribution in [-0.2, 0) is 19.2 Å². The summed E-state index contributed by atoms with van der Waals surface area (Å²) in [5, 5.41) is 11.3. The van der Waals surface area contributed by atoms with Crippen LogP contribution in [-0.4, -0.2) is 38.2 Å². The minimum absolute atomic E-state index is 0.293. The van der Waals surface area contributed by atoms with Crippen molar-refractivity contribution in [1.82, 2.24) is 14.5 Å². The Balaban J connectivity index is 1.46. The number of hydrogen-bond acceptors (Lipinski definition) is 4. The molecular weight excluding hydrogens is 326 g/mol. The summed E-state index contributed by atoms with van der Waals surface area (Å²) in [5.41, 5.74) is 0.449. The van der Waals surface area contributed by atoms with E-state index in [1.807, 2.05) is 29.9 Å². The lowest BCUT2D eigenvalue weighted by molar-refractivity contribution is -0.0669. The van der Waals surface area contributed by atoms with Gasteiger partial charge in [-0.05, 0) is 43.4 Å². The van der Waals surface area contributed by atoms with Gasteiger partial charge in [0, 0.05) is 38.1 Å². The third-order valence-corrected chi connectivity index (χ3v) is 5.77. The van der Waals surface area contributed by atoms with Gasteiger partial charge in [0.1, 0.15) is 23.8 Å². The lowest BCUT2D eigenvalue weighted by Crippen LogP contribution is -2.50. The molecule has 0 spiro atoms. The highest BCUT2D eigenvalue weighted by Crippen LogP contribution is 2.45. The highest BCUT2D eigenvalue weighted by Gasteiger charge is 2.49. The molecule has 4 rings (SSSR count). The third-order valence-electron chi connectivity index (χ3n) is 5.77. The fourth-order valence-electron chi connectivity index (χ4n) is 4.60. The van der Waals surface area contributed by atoms with Crippen LogP contribution in [0, 0.1) is 12.3 Å². The highest BCUT2D eigenvalue weighted by atomic mass is 16.5. The molecule has 0 unspecified atom stereocenters. The summed E-state index contributed by atoms with van der Waals surface area (Å²) in [7, 11) is 1.96. The van der Waals surface area contributed by atoms with E-state index in [1.54, 1.807) is 6.20 Å². The molecular formula is C21H25N3O2. The van der Waals surface area contributed by atoms with Crippen molar-refractivity contribution in [1.29, 1.82) is 0 Å². The monoisotopic (exact) mass is 351 g/mol. The van der Waals surface area contributed by atoms with E-state index in [0.29, 0.717) is 18.7 Å². The average molecular weight is 351 g/mol. The first kappa shape index (κ1) is 17.1. The first-order valence-electron chi connectivity index (χ1n) is 9.20. The summed E-state index contributed by atoms with van der Waals surface area (Å²) < 4.78 is 7.39. The summed E-state index contributed by atoms with van der Waals surface area (Å²) >= 11 is 0. The SMILES string of the molecule is C#CCOc1ccc(CN2[C@H]3CC[C@H]2CC(O)(c2nccn2C)C3)cc1. The van der Waals surface area contributed by atoms with E-state index in [-0.39, 0.29) is 0 Å². The predicted molar refractivity (Wildman–Crippen MR) is 99.5 cm³/mol. The molecule has 0 saturated carbocycles. The van der Waals surface area contributed by atoms with Gasteiger partial charge in [0.15, 0.2) is 0 Å². The second-order valence-electron chi connectivity index (χ2n) is 7.50. The Kier molecular flexibility index (Phi) is 4.47. The van der Waals surface area contributed by atoms with Crippen molar-refractivity contribution in [2.24, 2.45) is 7.05 Å². The predicted octanol–water partition coefficient (Wildman–Crippen LogP) is 2.45. The van der Waals surface area contributed by atoms with Crippen LogP contribution < -0.4 is 4.74 Å². The van der Waals surface area contributed by atoms with Gasteiger partial charge >= 0.3 is 0 Å². The number of rotatable bonds is 5. The van der Waals surface area contributed by atoms with Gasteiger partial charge < -0.3 is 14.4 Å². The molecule has 2 aliphatic rings. The van der Waals surface area contributed by atoms with E-state index in [1.165, 1.54) is 5.56 Å². The molecule has 2 saturated heterocycles. The average Bonchev–Trinajstić information content (AvgIpc) is 3.17. The van der Waals surface area contributed by atoms with Gasteiger partial charge in [-0.15, -0.1) is 6.42 Å². The van der Waals surface area contributed by atoms with E-state index < -0.39 is 5.60 Å². The lowest BCUT2D eigenvalue weighted by Gasteiger charge is -2.43. The number of nitrogens with zero attached hydrogens (tertiary/aromatic N) is 3. The second-order valence-corrected chi connectivity index (χ2v) is 7.50. The van der Waals surface area contributed by atoms with Gasteiger partial charge in [-0.3, -0.25) is 4.90 Å². The van der Waals surface area contributed by atoms with Crippen LogP contribution in [0.2, 0.25) is 0 Å². The molecule has 5 nitrogen and oxygen atoms in total. The molecule has 2 fully saturated rings. The molecule has 0 amide bonds. The molecule has 2 bridgehead atoms. The van der Waals surface area contributed by atoms with E-state index in [0.717, 1.165) is 43.8 Å². The molecule has 0 aliphatic carbocycles. The number of piperidine rings is 1. The topological polar surface area (TPSA) is 50.5 Å². The smallest absolute Gasteiger partial charge is 0.148 e. The van der Waals surface area contributed by atoms with Crippen molar-refractivity contribution < 1.29 is 9.84 Å². The maximum absolute atomic E-state index is 11.3. The van der Waals surface area contributed by atoms with Crippen LogP contribution in [0.3, 0.4) is 0 Å². The Morgan fingerprint density at radius 1 is 1.27 bits per heavy atom. The fourth-order valence-corrected chi connectivity index (χ4v) is 4.60. The third kappa shape index (κ3) is 3.11. The molecule has 1 N–H and O–H groups in total. The molecule has 136 valence electrons. The number of ether oxygens (including phenoxy) is 1. The maximum atomic E-state index is 11.3. The van der Waals surface area contributed by atoms with Crippen molar-refractivity contribution in [3.63, 3.8) is 0 Å². The lowest BCUT2D eigenvalue weighted by atomic mass is 9.85. The standard InChI is InChI=1S/C21H25N3O2/c1-3-12-26-19-8-4-16(5-9-19)15-24-17-6-7-18(24)14-21(25,13-17)20-22-10-11-23(20)2/h1,4-5,8-11,17-18,25H,6-7,12-15H2,2H3/t17-,18-/m0/s1. The Morgan fingerprint density at radius 3 is 2.54 bits per heavy atom. The maximum Gasteiger partial charge on any atom is 0.148 e. The number of benzene rings is 1. The van der Waals surface area contributed by atoms with E-state index in [4.69, 9.17) is 11.2 Å². The number of aryl methyl sites for hydroxylation is 1. The quantitative estimate of drug-likeness (QED) is 0.841. The molecule has 26 heavy (non-hydrogen) atoms. The summed E-state index contributed by atoms with van der Waals surface area (Å²) in [4.78, 5) is 6.97. The van der Waals surface area contributed by atoms with Crippen molar-refractivity contribution in [2.75, 3.05) is 6.61 Å². The van der Waals surface area contributed by atoms with E-state index >= 15 is 0 Å². The Bertz CT molecular complexity index is 791. The van der Waals surface area contributed by atoms with Gasteiger partial charge in [0.2, 0.25) is 0 Å². The summed E-state index contributed by atoms with van der Waals surface area (Å²) in [6.45, 7) is 1.20. The normalized spacial score (nSPS) is 28.0. The first-order valence-corrected chi connectivity index (χ1v) is 9.20. The van der Waals surface area contributed by atoms with Crippen molar-refractivity contribution in [3.8, 4) is 18.1 Å². The zero-order chi connectivity index (χ0) is 18.1. The number of fused-ring (bicyclic) bond motifs is 2. The van der Waals surface area contributed by atoms with Crippen LogP contribution in [0.1, 0.15) is 37.1 Å². The minimum Gasteiger partial charge on any atom is -0.481 e. The number of terminal acetylenes is 1. The van der Waals surface area contributed by atoms with Gasteiger partial charge in [0.05, 0.1) is 0 Å². The molecule has 1 aromatic heterocycles. The fraction of sp³-hybridized carbons (Fsp3) is 0.476. The second kappa shape index (κ2) is 6.79. The van der Waals surface area contributed by atoms with Gasteiger partial charge in [-0.2, -0.15) is 0 Å². The number of imidazole rings is 1. The molecule has 5 heteroatoms. The van der Waals surface area contributed by atoms with Crippen LogP contribution >= 0.6 is 0 Å². The van der Waals surface area contributed by atoms with Gasteiger partial charge in [0.25, 0.3) is 0 Å². The van der Waals surface area contributed by atoms with Crippen molar-refractivity contribution >= 4 is 0 Å². The minimum atomic E-state index is -0.812. The Labute approximate surface area is 154 Å². The first-order chi connectivity index (χ1) is 12.6. The van der Waals surface area contributed by atoms with Crippen LogP contribution in [0.4, 0.5) is 0 Å². The zero-order valence-electron chi connectivity index (χ0n) is 15.1. The summed E-state index contributed by atoms with van der Waals surface area (Å²) in [5.74, 6) is 4.08. The van der Waals surface area contributed by atoms with E-state index in [2.05, 4.69) is 27.9 Å². The van der Waals surface area contributed by atoms with E-state index in [9.17, 15) is 5.11 Å². The van der Waals surface area contributed by atoms with Crippen LogP contribution in [0.15, 0.2) is 36.7 Å². The van der Waals surface area contributed by atoms with Gasteiger partial charge in [-0.1, -0.05) is 18.1 Å². The van der Waals surface area contributed by atoms with Crippen molar-refractivity contribution in [2.45, 2.75) is 49.9 Å². The molecule has 1 aromatic carbocycles. The summed E-state index contributed by atoms with van der Waals surface area (Å²) in [6, 6.07) is 8.95. The van der Waals surface area contributed by atoms with Gasteiger partial charge in [-0.25, -0.2) is 4.98 Å². The molecule has 3 heterocycles. The van der Waals surface area contributed by atoms with Crippen LogP contribution in [0.5, 0.6) is 5.75 Å². The molecule has 2 aliphatic heterocycles. The Hall–Kier alpha value is -2.29. The summed E-state index contributed by atoms with van der Waals surface area (Å²) in [6.07, 6.45) is 12.7. The van der Waals surface area contributed by atoms with Crippen LogP contribution in [0.25, 0.3) is 0 Å². The molecule has 2 atom stereocenters. The molecule has 0 radical (unpaired) electrons.